The predicted octanol–water partition coefficient (Wildman–Crippen LogP) is 6.32. The predicted molar refractivity (Wildman–Crippen MR) is 114 cm³/mol. The minimum atomic E-state index is -6.23. The Morgan fingerprint density at radius 3 is 1.77 bits per heavy atom. The van der Waals surface area contributed by atoms with Crippen LogP contribution in [-0.2, 0) is 19.9 Å². The molecule has 0 radical (unpaired) electrons. The second kappa shape index (κ2) is 9.51. The number of rotatable bonds is 6. The number of nitrogens with one attached hydrogen (secondary N) is 1. The van der Waals surface area contributed by atoms with Gasteiger partial charge in [0.1, 0.15) is 0 Å². The van der Waals surface area contributed by atoms with E-state index in [2.05, 4.69) is 9.50 Å². The van der Waals surface area contributed by atoms with Gasteiger partial charge in [0.15, 0.2) is 0 Å². The lowest BCUT2D eigenvalue weighted by Gasteiger charge is -2.36. The molecule has 0 aliphatic heterocycles. The number of carbonyl (C=O) groups excluding carboxylic acids is 1. The van der Waals surface area contributed by atoms with Gasteiger partial charge in [0.05, 0.1) is 4.90 Å². The fourth-order valence-electron chi connectivity index (χ4n) is 3.02. The lowest BCUT2D eigenvalue weighted by Crippen LogP contribution is -2.56. The van der Waals surface area contributed by atoms with Crippen LogP contribution in [0.25, 0.3) is 0 Å². The third-order valence-electron chi connectivity index (χ3n) is 4.72. The smallest absolute Gasteiger partial charge is 0.322 e. The average molecular weight is 538 g/mol. The van der Waals surface area contributed by atoms with E-state index in [-0.39, 0.29) is 11.3 Å². The molecule has 1 amide bonds. The van der Waals surface area contributed by atoms with Gasteiger partial charge in [-0.05, 0) is 48.5 Å². The first-order valence-corrected chi connectivity index (χ1v) is 11.3. The van der Waals surface area contributed by atoms with Crippen molar-refractivity contribution in [2.75, 3.05) is 5.32 Å². The van der Waals surface area contributed by atoms with Gasteiger partial charge < -0.3 is 5.32 Å². The quantitative estimate of drug-likeness (QED) is 0.295. The summed E-state index contributed by atoms with van der Waals surface area (Å²) in [6.45, 7) is 0. The standard InChI is InChI=1S/C22H14ClF6NO4S/c23-16-10-6-14(7-11-16)19(31)30-17-12-8-15(9-13-17)20(21(24,25)26,22(27,28)29)34-35(32,33)18-4-2-1-3-5-18/h1-13H,(H,30,31). The Hall–Kier alpha value is -3.09. The van der Waals surface area contributed by atoms with E-state index in [1.807, 2.05) is 0 Å². The molecule has 0 aliphatic carbocycles. The monoisotopic (exact) mass is 537 g/mol. The van der Waals surface area contributed by atoms with Gasteiger partial charge in [-0.3, -0.25) is 4.79 Å². The van der Waals surface area contributed by atoms with Crippen LogP contribution in [0.2, 0.25) is 5.02 Å². The zero-order chi connectivity index (χ0) is 26.1. The Balaban J connectivity index is 2.02. The SMILES string of the molecule is O=C(Nc1ccc(C(OS(=O)(=O)c2ccccc2)(C(F)(F)F)C(F)(F)F)cc1)c1ccc(Cl)cc1. The molecular weight excluding hydrogens is 524 g/mol. The number of hydrogen-bond acceptors (Lipinski definition) is 4. The van der Waals surface area contributed by atoms with Crippen molar-refractivity contribution in [2.45, 2.75) is 22.8 Å². The van der Waals surface area contributed by atoms with Crippen molar-refractivity contribution in [1.29, 1.82) is 0 Å². The minimum Gasteiger partial charge on any atom is -0.322 e. The van der Waals surface area contributed by atoms with Crippen LogP contribution in [-0.4, -0.2) is 26.7 Å². The van der Waals surface area contributed by atoms with Crippen molar-refractivity contribution in [3.05, 3.63) is 95.0 Å². The van der Waals surface area contributed by atoms with E-state index in [1.165, 1.54) is 30.3 Å². The maximum atomic E-state index is 14.0. The first-order valence-electron chi connectivity index (χ1n) is 9.49. The van der Waals surface area contributed by atoms with E-state index in [9.17, 15) is 39.6 Å². The van der Waals surface area contributed by atoms with E-state index in [4.69, 9.17) is 11.6 Å². The molecule has 35 heavy (non-hydrogen) atoms. The van der Waals surface area contributed by atoms with Gasteiger partial charge in [0.2, 0.25) is 0 Å². The van der Waals surface area contributed by atoms with E-state index in [0.717, 1.165) is 36.4 Å². The first-order chi connectivity index (χ1) is 16.2. The molecule has 186 valence electrons. The molecule has 5 nitrogen and oxygen atoms in total. The fraction of sp³-hybridized carbons (Fsp3) is 0.136. The molecule has 0 spiro atoms. The second-order valence-electron chi connectivity index (χ2n) is 7.07. The van der Waals surface area contributed by atoms with Crippen LogP contribution in [0.5, 0.6) is 0 Å². The summed E-state index contributed by atoms with van der Waals surface area (Å²) in [5, 5.41) is 2.64. The summed E-state index contributed by atoms with van der Waals surface area (Å²) in [6.07, 6.45) is -12.5. The number of carbonyl (C=O) groups is 1. The topological polar surface area (TPSA) is 72.5 Å². The Morgan fingerprint density at radius 2 is 1.29 bits per heavy atom. The highest BCUT2D eigenvalue weighted by Crippen LogP contribution is 2.54. The van der Waals surface area contributed by atoms with Crippen molar-refractivity contribution in [3.8, 4) is 0 Å². The molecular formula is C22H14ClF6NO4S. The summed E-state index contributed by atoms with van der Waals surface area (Å²) >= 11 is 5.72. The van der Waals surface area contributed by atoms with Gasteiger partial charge in [-0.2, -0.15) is 34.8 Å². The highest BCUT2D eigenvalue weighted by Gasteiger charge is 2.75. The summed E-state index contributed by atoms with van der Waals surface area (Å²) in [5.41, 5.74) is -6.80. The summed E-state index contributed by atoms with van der Waals surface area (Å²) < 4.78 is 113. The number of amides is 1. The number of halogens is 7. The molecule has 3 rings (SSSR count). The third-order valence-corrected chi connectivity index (χ3v) is 6.29. The zero-order valence-electron chi connectivity index (χ0n) is 17.2. The van der Waals surface area contributed by atoms with Gasteiger partial charge in [-0.15, -0.1) is 0 Å². The molecule has 13 heteroatoms. The first kappa shape index (κ1) is 26.5. The fourth-order valence-corrected chi connectivity index (χ4v) is 4.35. The number of alkyl halides is 6. The average Bonchev–Trinajstić information content (AvgIpc) is 2.77. The molecule has 0 heterocycles. The number of benzene rings is 3. The van der Waals surface area contributed by atoms with Crippen LogP contribution in [0.3, 0.4) is 0 Å². The Morgan fingerprint density at radius 1 is 0.771 bits per heavy atom. The van der Waals surface area contributed by atoms with E-state index in [1.54, 1.807) is 0 Å². The van der Waals surface area contributed by atoms with Crippen LogP contribution in [0.1, 0.15) is 15.9 Å². The summed E-state index contributed by atoms with van der Waals surface area (Å²) in [5.74, 6) is -0.713. The molecule has 0 aliphatic rings. The highest BCUT2D eigenvalue weighted by atomic mass is 35.5. The molecule has 0 fully saturated rings. The maximum Gasteiger partial charge on any atom is 0.432 e. The molecule has 3 aromatic rings. The van der Waals surface area contributed by atoms with Gasteiger partial charge >= 0.3 is 18.0 Å². The molecule has 1 N–H and O–H groups in total. The van der Waals surface area contributed by atoms with E-state index >= 15 is 0 Å². The van der Waals surface area contributed by atoms with Crippen molar-refractivity contribution in [1.82, 2.24) is 0 Å². The zero-order valence-corrected chi connectivity index (χ0v) is 18.8. The normalized spacial score (nSPS) is 12.9. The van der Waals surface area contributed by atoms with Crippen LogP contribution < -0.4 is 5.32 Å². The van der Waals surface area contributed by atoms with E-state index in [0.29, 0.717) is 17.2 Å². The van der Waals surface area contributed by atoms with Crippen molar-refractivity contribution >= 4 is 33.3 Å². The molecule has 0 unspecified atom stereocenters. The van der Waals surface area contributed by atoms with Gasteiger partial charge in [-0.1, -0.05) is 41.9 Å². The van der Waals surface area contributed by atoms with Gasteiger partial charge in [0.25, 0.3) is 16.0 Å². The third kappa shape index (κ3) is 5.44. The summed E-state index contributed by atoms with van der Waals surface area (Å²) in [4.78, 5) is 11.4. The van der Waals surface area contributed by atoms with Crippen LogP contribution in [0.15, 0.2) is 83.8 Å². The van der Waals surface area contributed by atoms with E-state index < -0.39 is 44.4 Å². The van der Waals surface area contributed by atoms with Crippen LogP contribution in [0, 0.1) is 0 Å². The Bertz CT molecular complexity index is 1280. The van der Waals surface area contributed by atoms with Gasteiger partial charge in [0, 0.05) is 21.8 Å². The lowest BCUT2D eigenvalue weighted by molar-refractivity contribution is -0.364. The van der Waals surface area contributed by atoms with Gasteiger partial charge in [-0.25, -0.2) is 4.18 Å². The maximum absolute atomic E-state index is 14.0. The molecule has 0 bridgehead atoms. The largest absolute Gasteiger partial charge is 0.432 e. The highest BCUT2D eigenvalue weighted by molar-refractivity contribution is 7.86. The summed E-state index contributed by atoms with van der Waals surface area (Å²) in [6, 6.07) is 12.9. The van der Waals surface area contributed by atoms with Crippen molar-refractivity contribution < 1.29 is 43.7 Å². The molecule has 3 aromatic carbocycles. The number of hydrogen-bond donors (Lipinski definition) is 1. The molecule has 0 saturated carbocycles. The minimum absolute atomic E-state index is 0.121. The summed E-state index contributed by atoms with van der Waals surface area (Å²) in [7, 11) is -5.52. The van der Waals surface area contributed by atoms with Crippen LogP contribution in [0.4, 0.5) is 32.0 Å². The molecule has 0 atom stereocenters. The second-order valence-corrected chi connectivity index (χ2v) is 9.05. The molecule has 0 saturated heterocycles. The van der Waals surface area contributed by atoms with Crippen LogP contribution >= 0.6 is 11.6 Å². The Kier molecular flexibility index (Phi) is 7.21. The van der Waals surface area contributed by atoms with Crippen molar-refractivity contribution in [2.24, 2.45) is 0 Å². The Labute approximate surface area is 200 Å². The number of anilines is 1. The lowest BCUT2D eigenvalue weighted by atomic mass is 9.92. The molecule has 0 aromatic heterocycles. The van der Waals surface area contributed by atoms with Crippen molar-refractivity contribution in [3.63, 3.8) is 0 Å².